The lowest BCUT2D eigenvalue weighted by Crippen LogP contribution is -2.01. The lowest BCUT2D eigenvalue weighted by molar-refractivity contribution is -0.385. The van der Waals surface area contributed by atoms with Crippen LogP contribution in [-0.2, 0) is 13.0 Å². The molecule has 0 aliphatic carbocycles. The van der Waals surface area contributed by atoms with Crippen LogP contribution in [0.3, 0.4) is 0 Å². The maximum absolute atomic E-state index is 11.0. The minimum Gasteiger partial charge on any atom is -0.488 e. The van der Waals surface area contributed by atoms with Crippen LogP contribution in [0, 0.1) is 10.1 Å². The molecule has 19 heavy (non-hydrogen) atoms. The van der Waals surface area contributed by atoms with Gasteiger partial charge in [0.1, 0.15) is 12.4 Å². The Morgan fingerprint density at radius 2 is 1.84 bits per heavy atom. The molecule has 0 N–H and O–H groups in total. The minimum absolute atomic E-state index is 0.119. The van der Waals surface area contributed by atoms with Crippen LogP contribution >= 0.6 is 0 Å². The number of hydrogen-bond acceptors (Lipinski definition) is 3. The molecule has 98 valence electrons. The quantitative estimate of drug-likeness (QED) is 0.605. The summed E-state index contributed by atoms with van der Waals surface area (Å²) in [6, 6.07) is 14.7. The molecule has 4 nitrogen and oxygen atoms in total. The molecule has 0 aromatic heterocycles. The summed E-state index contributed by atoms with van der Waals surface area (Å²) in [7, 11) is 0. The van der Waals surface area contributed by atoms with E-state index in [1.54, 1.807) is 12.1 Å². The van der Waals surface area contributed by atoms with Crippen LogP contribution in [0.15, 0.2) is 48.5 Å². The van der Waals surface area contributed by atoms with E-state index in [0.717, 1.165) is 5.56 Å². The average Bonchev–Trinajstić information content (AvgIpc) is 2.45. The molecular weight excluding hydrogens is 242 g/mol. The highest BCUT2D eigenvalue weighted by molar-refractivity contribution is 5.49. The van der Waals surface area contributed by atoms with Gasteiger partial charge in [-0.3, -0.25) is 10.1 Å². The number of ether oxygens (including phenoxy) is 1. The van der Waals surface area contributed by atoms with E-state index in [1.807, 2.05) is 37.3 Å². The molecule has 0 aliphatic heterocycles. The summed E-state index contributed by atoms with van der Waals surface area (Å²) in [5, 5.41) is 11.0. The minimum atomic E-state index is -0.367. The van der Waals surface area contributed by atoms with Crippen LogP contribution in [0.2, 0.25) is 0 Å². The molecule has 2 rings (SSSR count). The van der Waals surface area contributed by atoms with Crippen molar-refractivity contribution in [2.45, 2.75) is 20.0 Å². The van der Waals surface area contributed by atoms with Crippen LogP contribution in [0.4, 0.5) is 5.69 Å². The highest BCUT2D eigenvalue weighted by atomic mass is 16.6. The first-order valence-electron chi connectivity index (χ1n) is 6.15. The van der Waals surface area contributed by atoms with Crippen molar-refractivity contribution < 1.29 is 9.66 Å². The molecule has 0 fully saturated rings. The first-order valence-corrected chi connectivity index (χ1v) is 6.15. The number of nitrogens with zero attached hydrogens (tertiary/aromatic N) is 1. The van der Waals surface area contributed by atoms with Gasteiger partial charge in [0.2, 0.25) is 0 Å². The third-order valence-corrected chi connectivity index (χ3v) is 2.90. The number of nitro groups is 1. The first kappa shape index (κ1) is 13.1. The van der Waals surface area contributed by atoms with E-state index in [2.05, 4.69) is 0 Å². The SMILES string of the molecule is CCc1c(OCc2ccccc2)cccc1[N+](=O)[O-]. The third kappa shape index (κ3) is 3.10. The van der Waals surface area contributed by atoms with E-state index in [0.29, 0.717) is 24.3 Å². The molecule has 0 radical (unpaired) electrons. The zero-order valence-electron chi connectivity index (χ0n) is 10.7. The molecule has 4 heteroatoms. The van der Waals surface area contributed by atoms with Crippen LogP contribution in [0.5, 0.6) is 5.75 Å². The van der Waals surface area contributed by atoms with Gasteiger partial charge in [0.15, 0.2) is 0 Å². The molecule has 0 saturated carbocycles. The van der Waals surface area contributed by atoms with E-state index < -0.39 is 0 Å². The monoisotopic (exact) mass is 257 g/mol. The van der Waals surface area contributed by atoms with E-state index in [-0.39, 0.29) is 10.6 Å². The van der Waals surface area contributed by atoms with Crippen LogP contribution in [0.25, 0.3) is 0 Å². The average molecular weight is 257 g/mol. The summed E-state index contributed by atoms with van der Waals surface area (Å²) in [5.41, 5.74) is 1.80. The second-order valence-corrected chi connectivity index (χ2v) is 4.14. The van der Waals surface area contributed by atoms with Crippen molar-refractivity contribution in [2.75, 3.05) is 0 Å². The van der Waals surface area contributed by atoms with Gasteiger partial charge in [-0.05, 0) is 18.1 Å². The fourth-order valence-electron chi connectivity index (χ4n) is 1.95. The molecule has 0 aliphatic rings. The summed E-state index contributed by atoms with van der Waals surface area (Å²) in [5.74, 6) is 0.584. The summed E-state index contributed by atoms with van der Waals surface area (Å²) < 4.78 is 5.70. The highest BCUT2D eigenvalue weighted by Gasteiger charge is 2.16. The van der Waals surface area contributed by atoms with Crippen molar-refractivity contribution >= 4 is 5.69 Å². The van der Waals surface area contributed by atoms with Crippen LogP contribution in [-0.4, -0.2) is 4.92 Å². The Hall–Kier alpha value is -2.36. The maximum Gasteiger partial charge on any atom is 0.276 e. The van der Waals surface area contributed by atoms with Gasteiger partial charge in [0.05, 0.1) is 10.5 Å². The Bertz CT molecular complexity index is 567. The number of hydrogen-bond donors (Lipinski definition) is 0. The normalized spacial score (nSPS) is 10.2. The Morgan fingerprint density at radius 3 is 2.47 bits per heavy atom. The molecule has 0 spiro atoms. The number of benzene rings is 2. The zero-order valence-corrected chi connectivity index (χ0v) is 10.7. The van der Waals surface area contributed by atoms with E-state index in [4.69, 9.17) is 4.74 Å². The second-order valence-electron chi connectivity index (χ2n) is 4.14. The van der Waals surface area contributed by atoms with E-state index in [9.17, 15) is 10.1 Å². The van der Waals surface area contributed by atoms with E-state index >= 15 is 0 Å². The topological polar surface area (TPSA) is 52.4 Å². The van der Waals surface area contributed by atoms with Crippen molar-refractivity contribution in [2.24, 2.45) is 0 Å². The Kier molecular flexibility index (Phi) is 4.13. The van der Waals surface area contributed by atoms with Gasteiger partial charge < -0.3 is 4.74 Å². The zero-order chi connectivity index (χ0) is 13.7. The van der Waals surface area contributed by atoms with Gasteiger partial charge in [-0.25, -0.2) is 0 Å². The number of rotatable bonds is 5. The summed E-state index contributed by atoms with van der Waals surface area (Å²) in [6.07, 6.45) is 0.571. The summed E-state index contributed by atoms with van der Waals surface area (Å²) in [6.45, 7) is 2.30. The summed E-state index contributed by atoms with van der Waals surface area (Å²) in [4.78, 5) is 10.6. The van der Waals surface area contributed by atoms with Crippen molar-refractivity contribution in [3.63, 3.8) is 0 Å². The van der Waals surface area contributed by atoms with Crippen molar-refractivity contribution in [1.29, 1.82) is 0 Å². The largest absolute Gasteiger partial charge is 0.488 e. The Labute approximate surface area is 111 Å². The Balaban J connectivity index is 2.21. The molecule has 0 saturated heterocycles. The lowest BCUT2D eigenvalue weighted by atomic mass is 10.1. The molecule has 0 amide bonds. The van der Waals surface area contributed by atoms with Gasteiger partial charge in [-0.15, -0.1) is 0 Å². The smallest absolute Gasteiger partial charge is 0.276 e. The molecule has 0 heterocycles. The van der Waals surface area contributed by atoms with Gasteiger partial charge in [0.25, 0.3) is 5.69 Å². The second kappa shape index (κ2) is 6.00. The highest BCUT2D eigenvalue weighted by Crippen LogP contribution is 2.29. The third-order valence-electron chi connectivity index (χ3n) is 2.90. The van der Waals surface area contributed by atoms with Gasteiger partial charge >= 0.3 is 0 Å². The maximum atomic E-state index is 11.0. The standard InChI is InChI=1S/C15H15NO3/c1-2-13-14(16(17)18)9-6-10-15(13)19-11-12-7-4-3-5-8-12/h3-10H,2,11H2,1H3. The predicted octanol–water partition coefficient (Wildman–Crippen LogP) is 3.74. The van der Waals surface area contributed by atoms with Gasteiger partial charge in [-0.2, -0.15) is 0 Å². The first-order chi connectivity index (χ1) is 9.22. The molecule has 2 aromatic rings. The van der Waals surface area contributed by atoms with Gasteiger partial charge in [-0.1, -0.05) is 43.3 Å². The van der Waals surface area contributed by atoms with Crippen molar-refractivity contribution in [3.05, 3.63) is 69.8 Å². The predicted molar refractivity (Wildman–Crippen MR) is 73.2 cm³/mol. The molecule has 0 unspecified atom stereocenters. The molecular formula is C15H15NO3. The summed E-state index contributed by atoms with van der Waals surface area (Å²) >= 11 is 0. The van der Waals surface area contributed by atoms with Crippen molar-refractivity contribution in [1.82, 2.24) is 0 Å². The van der Waals surface area contributed by atoms with E-state index in [1.165, 1.54) is 6.07 Å². The molecule has 0 bridgehead atoms. The Morgan fingerprint density at radius 1 is 1.11 bits per heavy atom. The molecule has 2 aromatic carbocycles. The van der Waals surface area contributed by atoms with Gasteiger partial charge in [0, 0.05) is 6.07 Å². The van der Waals surface area contributed by atoms with Crippen LogP contribution in [0.1, 0.15) is 18.1 Å². The van der Waals surface area contributed by atoms with Crippen molar-refractivity contribution in [3.8, 4) is 5.75 Å². The van der Waals surface area contributed by atoms with Crippen LogP contribution < -0.4 is 4.74 Å². The molecule has 0 atom stereocenters. The lowest BCUT2D eigenvalue weighted by Gasteiger charge is -2.10. The number of nitro benzene ring substituents is 1. The fraction of sp³-hybridized carbons (Fsp3) is 0.200. The fourth-order valence-corrected chi connectivity index (χ4v) is 1.95.